The Bertz CT molecular complexity index is 904. The predicted molar refractivity (Wildman–Crippen MR) is 98.6 cm³/mol. The molecule has 2 aromatic rings. The first-order valence-corrected chi connectivity index (χ1v) is 10.1. The lowest BCUT2D eigenvalue weighted by molar-refractivity contribution is -0.137. The van der Waals surface area contributed by atoms with Crippen molar-refractivity contribution < 1.29 is 23.1 Å². The fourth-order valence-corrected chi connectivity index (χ4v) is 3.49. The number of aryl methyl sites for hydroxylation is 1. The van der Waals surface area contributed by atoms with Gasteiger partial charge in [-0.3, -0.25) is 9.59 Å². The van der Waals surface area contributed by atoms with Crippen molar-refractivity contribution in [3.05, 3.63) is 70.8 Å². The smallest absolute Gasteiger partial charge is 0.305 e. The van der Waals surface area contributed by atoms with Crippen LogP contribution < -0.4 is 5.32 Å². The molecule has 0 saturated carbocycles. The summed E-state index contributed by atoms with van der Waals surface area (Å²) >= 11 is 0. The van der Waals surface area contributed by atoms with Crippen molar-refractivity contribution in [1.82, 2.24) is 5.32 Å². The second-order valence-electron chi connectivity index (χ2n) is 6.25. The third-order valence-corrected chi connectivity index (χ3v) is 4.75. The monoisotopic (exact) mass is 375 g/mol. The minimum atomic E-state index is -3.15. The number of carboxylic acid groups (broad SMARTS) is 1. The standard InChI is InChI=1S/C19H21NO5S/c1-13-5-3-4-6-16(13)17(11-18(21)22)20-19(23)15-9-7-14(8-10-15)12-26(2,24)25/h3-10,17H,11-12H2,1-2H3,(H,20,23)(H,21,22). The Morgan fingerprint density at radius 1 is 1.08 bits per heavy atom. The number of hydrogen-bond acceptors (Lipinski definition) is 4. The van der Waals surface area contributed by atoms with E-state index in [-0.39, 0.29) is 12.2 Å². The quantitative estimate of drug-likeness (QED) is 0.774. The van der Waals surface area contributed by atoms with Gasteiger partial charge in [-0.05, 0) is 35.7 Å². The molecule has 0 heterocycles. The molecule has 0 aliphatic carbocycles. The van der Waals surface area contributed by atoms with E-state index < -0.39 is 27.8 Å². The third-order valence-electron chi connectivity index (χ3n) is 3.89. The fraction of sp³-hybridized carbons (Fsp3) is 0.263. The molecule has 0 bridgehead atoms. The molecule has 0 fully saturated rings. The molecule has 2 rings (SSSR count). The SMILES string of the molecule is Cc1ccccc1C(CC(=O)O)NC(=O)c1ccc(CS(C)(=O)=O)cc1. The summed E-state index contributed by atoms with van der Waals surface area (Å²) in [6, 6.07) is 12.9. The number of hydrogen-bond donors (Lipinski definition) is 2. The van der Waals surface area contributed by atoms with Gasteiger partial charge in [0, 0.05) is 11.8 Å². The average molecular weight is 375 g/mol. The van der Waals surface area contributed by atoms with Gasteiger partial charge in [0.1, 0.15) is 0 Å². The number of benzene rings is 2. The topological polar surface area (TPSA) is 101 Å². The van der Waals surface area contributed by atoms with Gasteiger partial charge in [-0.2, -0.15) is 0 Å². The Hall–Kier alpha value is -2.67. The summed E-state index contributed by atoms with van der Waals surface area (Å²) in [4.78, 5) is 23.7. The maximum Gasteiger partial charge on any atom is 0.305 e. The van der Waals surface area contributed by atoms with E-state index in [2.05, 4.69) is 5.32 Å². The molecule has 1 unspecified atom stereocenters. The Morgan fingerprint density at radius 3 is 2.23 bits per heavy atom. The zero-order chi connectivity index (χ0) is 19.3. The average Bonchev–Trinajstić information content (AvgIpc) is 2.53. The molecular formula is C19H21NO5S. The molecule has 2 N–H and O–H groups in total. The second kappa shape index (κ2) is 8.14. The van der Waals surface area contributed by atoms with E-state index in [1.807, 2.05) is 19.1 Å². The molecule has 0 saturated heterocycles. The van der Waals surface area contributed by atoms with Gasteiger partial charge < -0.3 is 10.4 Å². The first-order valence-electron chi connectivity index (χ1n) is 8.00. The number of amides is 1. The van der Waals surface area contributed by atoms with Crippen LogP contribution in [0.15, 0.2) is 48.5 Å². The fourth-order valence-electron chi connectivity index (χ4n) is 2.69. The maximum atomic E-state index is 12.5. The number of rotatable bonds is 7. The van der Waals surface area contributed by atoms with Crippen molar-refractivity contribution in [1.29, 1.82) is 0 Å². The summed E-state index contributed by atoms with van der Waals surface area (Å²) < 4.78 is 22.6. The van der Waals surface area contributed by atoms with Crippen LogP contribution in [-0.2, 0) is 20.4 Å². The van der Waals surface area contributed by atoms with E-state index in [9.17, 15) is 18.0 Å². The highest BCUT2D eigenvalue weighted by Gasteiger charge is 2.20. The van der Waals surface area contributed by atoms with E-state index in [0.29, 0.717) is 11.1 Å². The van der Waals surface area contributed by atoms with Crippen molar-refractivity contribution >= 4 is 21.7 Å². The highest BCUT2D eigenvalue weighted by Crippen LogP contribution is 2.21. The Balaban J connectivity index is 2.19. The zero-order valence-corrected chi connectivity index (χ0v) is 15.4. The van der Waals surface area contributed by atoms with Crippen LogP contribution in [0, 0.1) is 6.92 Å². The minimum absolute atomic E-state index is 0.0975. The Morgan fingerprint density at radius 2 is 1.69 bits per heavy atom. The zero-order valence-electron chi connectivity index (χ0n) is 14.6. The lowest BCUT2D eigenvalue weighted by Gasteiger charge is -2.19. The van der Waals surface area contributed by atoms with Gasteiger partial charge in [-0.25, -0.2) is 8.42 Å². The number of nitrogens with one attached hydrogen (secondary N) is 1. The number of aliphatic carboxylic acids is 1. The number of carbonyl (C=O) groups excluding carboxylic acids is 1. The number of sulfone groups is 1. The van der Waals surface area contributed by atoms with Crippen molar-refractivity contribution in [2.24, 2.45) is 0 Å². The lowest BCUT2D eigenvalue weighted by Crippen LogP contribution is -2.30. The van der Waals surface area contributed by atoms with Gasteiger partial charge in [-0.1, -0.05) is 36.4 Å². The van der Waals surface area contributed by atoms with Crippen LogP contribution in [-0.4, -0.2) is 31.7 Å². The molecule has 6 nitrogen and oxygen atoms in total. The highest BCUT2D eigenvalue weighted by atomic mass is 32.2. The first-order chi connectivity index (χ1) is 12.2. The van der Waals surface area contributed by atoms with Crippen molar-refractivity contribution in [3.63, 3.8) is 0 Å². The van der Waals surface area contributed by atoms with E-state index in [1.54, 1.807) is 24.3 Å². The molecule has 0 aliphatic rings. The van der Waals surface area contributed by atoms with Crippen LogP contribution in [0.5, 0.6) is 0 Å². The molecule has 0 aliphatic heterocycles. The molecule has 1 amide bonds. The van der Waals surface area contributed by atoms with Gasteiger partial charge in [0.25, 0.3) is 5.91 Å². The van der Waals surface area contributed by atoms with Gasteiger partial charge >= 0.3 is 5.97 Å². The highest BCUT2D eigenvalue weighted by molar-refractivity contribution is 7.89. The summed E-state index contributed by atoms with van der Waals surface area (Å²) in [5.41, 5.74) is 2.57. The van der Waals surface area contributed by atoms with Gasteiger partial charge in [0.05, 0.1) is 18.2 Å². The van der Waals surface area contributed by atoms with Crippen LogP contribution in [0.4, 0.5) is 0 Å². The van der Waals surface area contributed by atoms with Gasteiger partial charge in [0.2, 0.25) is 0 Å². The van der Waals surface area contributed by atoms with E-state index in [1.165, 1.54) is 12.1 Å². The van der Waals surface area contributed by atoms with Crippen LogP contribution in [0.1, 0.15) is 39.5 Å². The molecule has 0 radical (unpaired) electrons. The van der Waals surface area contributed by atoms with E-state index in [0.717, 1.165) is 17.4 Å². The third kappa shape index (κ3) is 5.70. The molecule has 2 aromatic carbocycles. The minimum Gasteiger partial charge on any atom is -0.481 e. The van der Waals surface area contributed by atoms with Crippen LogP contribution in [0.2, 0.25) is 0 Å². The molecule has 138 valence electrons. The van der Waals surface area contributed by atoms with E-state index in [4.69, 9.17) is 5.11 Å². The van der Waals surface area contributed by atoms with Crippen molar-refractivity contribution in [2.75, 3.05) is 6.26 Å². The lowest BCUT2D eigenvalue weighted by atomic mass is 9.98. The Kier molecular flexibility index (Phi) is 6.15. The van der Waals surface area contributed by atoms with Gasteiger partial charge in [-0.15, -0.1) is 0 Å². The summed E-state index contributed by atoms with van der Waals surface area (Å²) in [6.07, 6.45) is 0.912. The molecule has 0 aromatic heterocycles. The summed E-state index contributed by atoms with van der Waals surface area (Å²) in [7, 11) is -3.15. The molecule has 1 atom stereocenters. The number of carboxylic acids is 1. The largest absolute Gasteiger partial charge is 0.481 e. The first kappa shape index (κ1) is 19.7. The van der Waals surface area contributed by atoms with Crippen LogP contribution in [0.3, 0.4) is 0 Å². The van der Waals surface area contributed by atoms with Crippen molar-refractivity contribution in [2.45, 2.75) is 25.1 Å². The van der Waals surface area contributed by atoms with Crippen LogP contribution in [0.25, 0.3) is 0 Å². The molecule has 7 heteroatoms. The maximum absolute atomic E-state index is 12.5. The van der Waals surface area contributed by atoms with Crippen molar-refractivity contribution in [3.8, 4) is 0 Å². The molecule has 0 spiro atoms. The van der Waals surface area contributed by atoms with Crippen LogP contribution >= 0.6 is 0 Å². The normalized spacial score (nSPS) is 12.4. The number of carbonyl (C=O) groups is 2. The summed E-state index contributed by atoms with van der Waals surface area (Å²) in [5.74, 6) is -1.52. The molecular weight excluding hydrogens is 354 g/mol. The predicted octanol–water partition coefficient (Wildman–Crippen LogP) is 2.49. The summed E-state index contributed by atoms with van der Waals surface area (Å²) in [5, 5.41) is 11.9. The molecule has 26 heavy (non-hydrogen) atoms. The van der Waals surface area contributed by atoms with Gasteiger partial charge in [0.15, 0.2) is 9.84 Å². The second-order valence-corrected chi connectivity index (χ2v) is 8.39. The van der Waals surface area contributed by atoms with E-state index >= 15 is 0 Å². The Labute approximate surface area is 152 Å². The summed E-state index contributed by atoms with van der Waals surface area (Å²) in [6.45, 7) is 1.86.